The molecular weight excluding hydrogens is 320 g/mol. The molecule has 25 heavy (non-hydrogen) atoms. The Kier molecular flexibility index (Phi) is 4.83. The second-order valence-electron chi connectivity index (χ2n) is 6.67. The van der Waals surface area contributed by atoms with Crippen molar-refractivity contribution in [2.24, 2.45) is 13.0 Å². The SMILES string of the molecule is CC1CCCN(c2ccc(C(=O)c3nccn3C)cc2[N+](=O)[O-])CC1. The molecule has 2 aromatic rings. The predicted octanol–water partition coefficient (Wildman–Crippen LogP) is 3.19. The van der Waals surface area contributed by atoms with Crippen LogP contribution in [0.2, 0.25) is 0 Å². The summed E-state index contributed by atoms with van der Waals surface area (Å²) in [4.78, 5) is 29.9. The number of benzene rings is 1. The van der Waals surface area contributed by atoms with Crippen LogP contribution in [0.3, 0.4) is 0 Å². The van der Waals surface area contributed by atoms with Crippen molar-refractivity contribution < 1.29 is 9.72 Å². The third kappa shape index (κ3) is 3.55. The number of aromatic nitrogens is 2. The Bertz CT molecular complexity index is 799. The van der Waals surface area contributed by atoms with Crippen LogP contribution in [-0.4, -0.2) is 33.3 Å². The minimum absolute atomic E-state index is 0.0189. The molecule has 1 aliphatic rings. The Balaban J connectivity index is 1.95. The van der Waals surface area contributed by atoms with Gasteiger partial charge in [0.2, 0.25) is 5.78 Å². The molecule has 0 spiro atoms. The largest absolute Gasteiger partial charge is 0.366 e. The Labute approximate surface area is 146 Å². The van der Waals surface area contributed by atoms with Gasteiger partial charge in [0.15, 0.2) is 5.82 Å². The van der Waals surface area contributed by atoms with Crippen LogP contribution < -0.4 is 4.90 Å². The van der Waals surface area contributed by atoms with E-state index in [1.54, 1.807) is 29.9 Å². The molecule has 0 radical (unpaired) electrons. The lowest BCUT2D eigenvalue weighted by atomic mass is 10.0. The van der Waals surface area contributed by atoms with Gasteiger partial charge in [-0.1, -0.05) is 6.92 Å². The molecule has 1 aromatic heterocycles. The van der Waals surface area contributed by atoms with Crippen molar-refractivity contribution in [1.29, 1.82) is 0 Å². The fraction of sp³-hybridized carbons (Fsp3) is 0.444. The molecule has 1 aliphatic heterocycles. The molecule has 2 heterocycles. The van der Waals surface area contributed by atoms with E-state index in [1.165, 1.54) is 12.3 Å². The smallest absolute Gasteiger partial charge is 0.293 e. The van der Waals surface area contributed by atoms with E-state index in [4.69, 9.17) is 0 Å². The molecule has 7 heteroatoms. The molecule has 1 atom stereocenters. The van der Waals surface area contributed by atoms with Crippen LogP contribution in [0.25, 0.3) is 0 Å². The van der Waals surface area contributed by atoms with E-state index in [0.717, 1.165) is 32.4 Å². The van der Waals surface area contributed by atoms with Crippen molar-refractivity contribution in [3.8, 4) is 0 Å². The molecule has 1 aromatic carbocycles. The third-order valence-corrected chi connectivity index (χ3v) is 4.82. The Hall–Kier alpha value is -2.70. The fourth-order valence-electron chi connectivity index (χ4n) is 3.30. The normalized spacial score (nSPS) is 18.0. The zero-order chi connectivity index (χ0) is 18.0. The van der Waals surface area contributed by atoms with Crippen LogP contribution in [0.1, 0.15) is 42.4 Å². The molecule has 1 saturated heterocycles. The highest BCUT2D eigenvalue weighted by Crippen LogP contribution is 2.32. The van der Waals surface area contributed by atoms with Gasteiger partial charge in [0.25, 0.3) is 5.69 Å². The summed E-state index contributed by atoms with van der Waals surface area (Å²) < 4.78 is 1.61. The maximum absolute atomic E-state index is 12.6. The van der Waals surface area contributed by atoms with Gasteiger partial charge in [-0.3, -0.25) is 14.9 Å². The zero-order valence-electron chi connectivity index (χ0n) is 14.5. The van der Waals surface area contributed by atoms with Gasteiger partial charge in [0.1, 0.15) is 5.69 Å². The maximum atomic E-state index is 12.6. The number of ketones is 1. The van der Waals surface area contributed by atoms with Gasteiger partial charge in [0.05, 0.1) is 4.92 Å². The number of carbonyl (C=O) groups is 1. The van der Waals surface area contributed by atoms with E-state index < -0.39 is 4.92 Å². The Morgan fingerprint density at radius 2 is 2.12 bits per heavy atom. The number of anilines is 1. The van der Waals surface area contributed by atoms with Crippen LogP contribution in [0.4, 0.5) is 11.4 Å². The predicted molar refractivity (Wildman–Crippen MR) is 95.0 cm³/mol. The van der Waals surface area contributed by atoms with Crippen molar-refractivity contribution in [1.82, 2.24) is 9.55 Å². The summed E-state index contributed by atoms with van der Waals surface area (Å²) in [7, 11) is 1.72. The number of hydrogen-bond donors (Lipinski definition) is 0. The summed E-state index contributed by atoms with van der Waals surface area (Å²) in [6.45, 7) is 3.82. The highest BCUT2D eigenvalue weighted by atomic mass is 16.6. The zero-order valence-corrected chi connectivity index (χ0v) is 14.5. The first-order valence-corrected chi connectivity index (χ1v) is 8.52. The summed E-state index contributed by atoms with van der Waals surface area (Å²) >= 11 is 0. The van der Waals surface area contributed by atoms with E-state index in [9.17, 15) is 14.9 Å². The number of aryl methyl sites for hydroxylation is 1. The van der Waals surface area contributed by atoms with E-state index in [-0.39, 0.29) is 22.9 Å². The fourth-order valence-corrected chi connectivity index (χ4v) is 3.30. The van der Waals surface area contributed by atoms with Gasteiger partial charge >= 0.3 is 0 Å². The highest BCUT2D eigenvalue weighted by Gasteiger charge is 2.25. The molecule has 0 bridgehead atoms. The molecule has 0 saturated carbocycles. The molecular formula is C18H22N4O3. The molecule has 0 amide bonds. The first-order chi connectivity index (χ1) is 12.0. The van der Waals surface area contributed by atoms with Crippen molar-refractivity contribution in [3.05, 3.63) is 52.1 Å². The van der Waals surface area contributed by atoms with Gasteiger partial charge in [-0.25, -0.2) is 4.98 Å². The van der Waals surface area contributed by atoms with Gasteiger partial charge in [-0.05, 0) is 37.3 Å². The van der Waals surface area contributed by atoms with E-state index in [1.807, 2.05) is 0 Å². The summed E-state index contributed by atoms with van der Waals surface area (Å²) in [5.74, 6) is 0.589. The maximum Gasteiger partial charge on any atom is 0.293 e. The molecule has 0 N–H and O–H groups in total. The highest BCUT2D eigenvalue weighted by molar-refractivity contribution is 6.07. The second-order valence-corrected chi connectivity index (χ2v) is 6.67. The van der Waals surface area contributed by atoms with Crippen molar-refractivity contribution in [3.63, 3.8) is 0 Å². The molecule has 7 nitrogen and oxygen atoms in total. The summed E-state index contributed by atoms with van der Waals surface area (Å²) in [6, 6.07) is 4.73. The van der Waals surface area contributed by atoms with Gasteiger partial charge < -0.3 is 9.47 Å². The van der Waals surface area contributed by atoms with E-state index >= 15 is 0 Å². The van der Waals surface area contributed by atoms with Gasteiger partial charge in [-0.15, -0.1) is 0 Å². The van der Waals surface area contributed by atoms with Gasteiger partial charge in [0, 0.05) is 44.2 Å². The molecule has 1 fully saturated rings. The lowest BCUT2D eigenvalue weighted by Gasteiger charge is -2.22. The minimum atomic E-state index is -0.404. The van der Waals surface area contributed by atoms with Gasteiger partial charge in [-0.2, -0.15) is 0 Å². The first kappa shape index (κ1) is 17.1. The average molecular weight is 342 g/mol. The van der Waals surface area contributed by atoms with Crippen LogP contribution >= 0.6 is 0 Å². The molecule has 1 unspecified atom stereocenters. The lowest BCUT2D eigenvalue weighted by molar-refractivity contribution is -0.384. The minimum Gasteiger partial charge on any atom is -0.366 e. The van der Waals surface area contributed by atoms with Crippen LogP contribution in [0.5, 0.6) is 0 Å². The molecule has 132 valence electrons. The lowest BCUT2D eigenvalue weighted by Crippen LogP contribution is -2.25. The summed E-state index contributed by atoms with van der Waals surface area (Å²) in [6.07, 6.45) is 6.39. The van der Waals surface area contributed by atoms with Crippen molar-refractivity contribution in [2.75, 3.05) is 18.0 Å². The van der Waals surface area contributed by atoms with Crippen LogP contribution in [-0.2, 0) is 7.05 Å². The van der Waals surface area contributed by atoms with Crippen LogP contribution in [0.15, 0.2) is 30.6 Å². The number of nitro benzene ring substituents is 1. The van der Waals surface area contributed by atoms with Crippen LogP contribution in [0, 0.1) is 16.0 Å². The number of carbonyl (C=O) groups excluding carboxylic acids is 1. The second kappa shape index (κ2) is 7.04. The van der Waals surface area contributed by atoms with E-state index in [0.29, 0.717) is 11.6 Å². The number of nitro groups is 1. The third-order valence-electron chi connectivity index (χ3n) is 4.82. The van der Waals surface area contributed by atoms with E-state index in [2.05, 4.69) is 16.8 Å². The van der Waals surface area contributed by atoms with Crippen molar-refractivity contribution >= 4 is 17.2 Å². The Morgan fingerprint density at radius 3 is 2.80 bits per heavy atom. The number of nitrogens with zero attached hydrogens (tertiary/aromatic N) is 4. The molecule has 0 aliphatic carbocycles. The summed E-state index contributed by atoms with van der Waals surface area (Å²) in [5.41, 5.74) is 0.859. The number of rotatable bonds is 4. The topological polar surface area (TPSA) is 81.3 Å². The quantitative estimate of drug-likeness (QED) is 0.484. The number of imidazole rings is 1. The molecule has 3 rings (SSSR count). The van der Waals surface area contributed by atoms with Crippen molar-refractivity contribution in [2.45, 2.75) is 26.2 Å². The summed E-state index contributed by atoms with van der Waals surface area (Å²) in [5, 5.41) is 11.6. The Morgan fingerprint density at radius 1 is 1.32 bits per heavy atom. The number of hydrogen-bond acceptors (Lipinski definition) is 5. The standard InChI is InChI=1S/C18H22N4O3/c1-13-4-3-9-21(10-7-13)15-6-5-14(12-16(15)22(24)25)17(23)18-19-8-11-20(18)2/h5-6,8,11-13H,3-4,7,9-10H2,1-2H3. The monoisotopic (exact) mass is 342 g/mol. The first-order valence-electron chi connectivity index (χ1n) is 8.52. The average Bonchev–Trinajstić information content (AvgIpc) is 2.90.